The van der Waals surface area contributed by atoms with Gasteiger partial charge in [0.15, 0.2) is 0 Å². The van der Waals surface area contributed by atoms with Crippen LogP contribution >= 0.6 is 0 Å². The molecule has 23 heavy (non-hydrogen) atoms. The second-order valence-electron chi connectivity index (χ2n) is 6.27. The third-order valence-corrected chi connectivity index (χ3v) is 6.94. The Kier molecular flexibility index (Phi) is 4.33. The van der Waals surface area contributed by atoms with Crippen molar-refractivity contribution < 1.29 is 23.1 Å². The maximum absolute atomic E-state index is 12.9. The highest BCUT2D eigenvalue weighted by Gasteiger charge is 2.38. The van der Waals surface area contributed by atoms with Crippen LogP contribution in [-0.4, -0.2) is 44.0 Å². The molecule has 7 heteroatoms. The van der Waals surface area contributed by atoms with E-state index in [4.69, 9.17) is 9.84 Å². The topological polar surface area (TPSA) is 83.9 Å². The Hall–Kier alpha value is -1.60. The summed E-state index contributed by atoms with van der Waals surface area (Å²) >= 11 is 0. The van der Waals surface area contributed by atoms with E-state index in [1.807, 2.05) is 0 Å². The van der Waals surface area contributed by atoms with Crippen LogP contribution in [-0.2, 0) is 10.0 Å². The first kappa shape index (κ1) is 16.3. The molecule has 1 aromatic rings. The van der Waals surface area contributed by atoms with Crippen LogP contribution in [0.2, 0.25) is 0 Å². The molecule has 0 bridgehead atoms. The molecule has 1 aliphatic carbocycles. The fourth-order valence-electron chi connectivity index (χ4n) is 3.42. The number of nitrogens with zero attached hydrogens (tertiary/aromatic N) is 1. The average Bonchev–Trinajstić information content (AvgIpc) is 2.94. The van der Waals surface area contributed by atoms with Gasteiger partial charge in [-0.1, -0.05) is 19.3 Å². The number of ether oxygens (including phenoxy) is 1. The Morgan fingerprint density at radius 3 is 2.57 bits per heavy atom. The summed E-state index contributed by atoms with van der Waals surface area (Å²) in [5.74, 6) is 0.0738. The molecule has 1 aromatic carbocycles. The number of rotatable bonds is 5. The van der Waals surface area contributed by atoms with Crippen molar-refractivity contribution in [2.75, 3.05) is 20.2 Å². The van der Waals surface area contributed by atoms with Crippen molar-refractivity contribution in [3.63, 3.8) is 0 Å². The first-order chi connectivity index (χ1) is 10.9. The van der Waals surface area contributed by atoms with Crippen molar-refractivity contribution in [1.82, 2.24) is 4.31 Å². The summed E-state index contributed by atoms with van der Waals surface area (Å²) < 4.78 is 32.4. The Morgan fingerprint density at radius 1 is 1.26 bits per heavy atom. The van der Waals surface area contributed by atoms with Crippen LogP contribution in [0.15, 0.2) is 23.1 Å². The molecule has 1 saturated carbocycles. The molecule has 0 amide bonds. The van der Waals surface area contributed by atoms with E-state index in [0.29, 0.717) is 24.9 Å². The number of hydrogen-bond donors (Lipinski definition) is 1. The average molecular weight is 339 g/mol. The van der Waals surface area contributed by atoms with E-state index in [1.165, 1.54) is 48.9 Å². The number of benzene rings is 1. The van der Waals surface area contributed by atoms with Gasteiger partial charge in [-0.25, -0.2) is 13.2 Å². The molecule has 1 atom stereocenters. The molecule has 2 fully saturated rings. The monoisotopic (exact) mass is 339 g/mol. The zero-order valence-electron chi connectivity index (χ0n) is 13.1. The molecule has 2 aliphatic rings. The van der Waals surface area contributed by atoms with Gasteiger partial charge in [-0.05, 0) is 36.5 Å². The minimum atomic E-state index is -3.66. The predicted molar refractivity (Wildman–Crippen MR) is 84.2 cm³/mol. The van der Waals surface area contributed by atoms with E-state index >= 15 is 0 Å². The normalized spacial score (nSPS) is 22.7. The lowest BCUT2D eigenvalue weighted by atomic mass is 9.75. The Bertz CT molecular complexity index is 711. The standard InChI is InChI=1S/C16H21NO5S/c1-22-14-9-12(16(18)19)5-6-15(14)23(20,21)17-8-7-13(10-17)11-3-2-4-11/h5-6,9,11,13H,2-4,7-8,10H2,1H3,(H,18,19). The third kappa shape index (κ3) is 2.95. The summed E-state index contributed by atoms with van der Waals surface area (Å²) in [5.41, 5.74) is 0.00886. The molecular weight excluding hydrogens is 318 g/mol. The molecule has 0 radical (unpaired) electrons. The molecule has 6 nitrogen and oxygen atoms in total. The fraction of sp³-hybridized carbons (Fsp3) is 0.562. The van der Waals surface area contributed by atoms with Gasteiger partial charge in [-0.3, -0.25) is 0 Å². The van der Waals surface area contributed by atoms with Crippen LogP contribution < -0.4 is 4.74 Å². The van der Waals surface area contributed by atoms with Gasteiger partial charge in [0.1, 0.15) is 10.6 Å². The zero-order chi connectivity index (χ0) is 16.6. The molecule has 126 valence electrons. The summed E-state index contributed by atoms with van der Waals surface area (Å²) in [5, 5.41) is 9.02. The van der Waals surface area contributed by atoms with Crippen LogP contribution in [0.25, 0.3) is 0 Å². The number of sulfonamides is 1. The number of carbonyl (C=O) groups is 1. The minimum absolute atomic E-state index is 0.00886. The summed E-state index contributed by atoms with van der Waals surface area (Å²) in [7, 11) is -2.31. The molecule has 0 aromatic heterocycles. The van der Waals surface area contributed by atoms with E-state index in [2.05, 4.69) is 0 Å². The highest BCUT2D eigenvalue weighted by molar-refractivity contribution is 7.89. The number of methoxy groups -OCH3 is 1. The van der Waals surface area contributed by atoms with Gasteiger partial charge in [-0.15, -0.1) is 0 Å². The van der Waals surface area contributed by atoms with E-state index in [1.54, 1.807) is 0 Å². The van der Waals surface area contributed by atoms with Gasteiger partial charge < -0.3 is 9.84 Å². The van der Waals surface area contributed by atoms with Crippen molar-refractivity contribution in [2.24, 2.45) is 11.8 Å². The Labute approximate surface area is 136 Å². The number of hydrogen-bond acceptors (Lipinski definition) is 4. The number of carboxylic acids is 1. The smallest absolute Gasteiger partial charge is 0.335 e. The van der Waals surface area contributed by atoms with Gasteiger partial charge in [-0.2, -0.15) is 4.31 Å². The number of aromatic carboxylic acids is 1. The summed E-state index contributed by atoms with van der Waals surface area (Å²) in [6, 6.07) is 3.89. The molecule has 1 N–H and O–H groups in total. The lowest BCUT2D eigenvalue weighted by Crippen LogP contribution is -2.31. The molecule has 1 unspecified atom stereocenters. The van der Waals surface area contributed by atoms with Gasteiger partial charge >= 0.3 is 5.97 Å². The van der Waals surface area contributed by atoms with E-state index in [-0.39, 0.29) is 16.2 Å². The second-order valence-corrected chi connectivity index (χ2v) is 8.18. The van der Waals surface area contributed by atoms with Crippen LogP contribution in [0.3, 0.4) is 0 Å². The van der Waals surface area contributed by atoms with E-state index in [9.17, 15) is 13.2 Å². The van der Waals surface area contributed by atoms with Crippen molar-refractivity contribution in [3.8, 4) is 5.75 Å². The predicted octanol–water partition coefficient (Wildman–Crippen LogP) is 2.20. The molecule has 0 spiro atoms. The summed E-state index contributed by atoms with van der Waals surface area (Å²) in [6.07, 6.45) is 4.56. The van der Waals surface area contributed by atoms with Gasteiger partial charge in [0.05, 0.1) is 12.7 Å². The van der Waals surface area contributed by atoms with Crippen LogP contribution in [0, 0.1) is 11.8 Å². The Balaban J connectivity index is 1.86. The fourth-order valence-corrected chi connectivity index (χ4v) is 5.07. The van der Waals surface area contributed by atoms with E-state index in [0.717, 1.165) is 6.42 Å². The highest BCUT2D eigenvalue weighted by atomic mass is 32.2. The van der Waals surface area contributed by atoms with Gasteiger partial charge in [0.25, 0.3) is 0 Å². The largest absolute Gasteiger partial charge is 0.495 e. The maximum atomic E-state index is 12.9. The molecular formula is C16H21NO5S. The van der Waals surface area contributed by atoms with Crippen molar-refractivity contribution in [1.29, 1.82) is 0 Å². The van der Waals surface area contributed by atoms with Gasteiger partial charge in [0, 0.05) is 13.1 Å². The Morgan fingerprint density at radius 2 is 2.00 bits per heavy atom. The third-order valence-electron chi connectivity index (χ3n) is 5.03. The maximum Gasteiger partial charge on any atom is 0.335 e. The summed E-state index contributed by atoms with van der Waals surface area (Å²) in [6.45, 7) is 1.07. The first-order valence-electron chi connectivity index (χ1n) is 7.85. The lowest BCUT2D eigenvalue weighted by Gasteiger charge is -2.31. The SMILES string of the molecule is COc1cc(C(=O)O)ccc1S(=O)(=O)N1CCC(C2CCC2)C1. The van der Waals surface area contributed by atoms with Crippen molar-refractivity contribution in [2.45, 2.75) is 30.6 Å². The van der Waals surface area contributed by atoms with Crippen LogP contribution in [0.4, 0.5) is 0 Å². The quantitative estimate of drug-likeness (QED) is 0.889. The highest BCUT2D eigenvalue weighted by Crippen LogP contribution is 2.40. The molecule has 1 heterocycles. The summed E-state index contributed by atoms with van der Waals surface area (Å²) in [4.78, 5) is 11.1. The van der Waals surface area contributed by atoms with Crippen LogP contribution in [0.1, 0.15) is 36.0 Å². The van der Waals surface area contributed by atoms with Crippen molar-refractivity contribution in [3.05, 3.63) is 23.8 Å². The minimum Gasteiger partial charge on any atom is -0.495 e. The molecule has 3 rings (SSSR count). The second kappa shape index (κ2) is 6.13. The zero-order valence-corrected chi connectivity index (χ0v) is 13.9. The number of carboxylic acid groups (broad SMARTS) is 1. The van der Waals surface area contributed by atoms with Gasteiger partial charge in [0.2, 0.25) is 10.0 Å². The lowest BCUT2D eigenvalue weighted by molar-refractivity contribution is 0.0696. The van der Waals surface area contributed by atoms with Crippen molar-refractivity contribution >= 4 is 16.0 Å². The van der Waals surface area contributed by atoms with E-state index < -0.39 is 16.0 Å². The van der Waals surface area contributed by atoms with Crippen LogP contribution in [0.5, 0.6) is 5.75 Å². The molecule has 1 saturated heterocycles. The first-order valence-corrected chi connectivity index (χ1v) is 9.29. The molecule has 1 aliphatic heterocycles.